The molecular formula is C17H21N3O5S2. The monoisotopic (exact) mass is 411 g/mol. The van der Waals surface area contributed by atoms with Gasteiger partial charge < -0.3 is 10.2 Å². The molecule has 0 bridgehead atoms. The first-order valence-corrected chi connectivity index (χ1v) is 11.6. The number of urea groups is 1. The number of nitrogens with one attached hydrogen (secondary N) is 1. The van der Waals surface area contributed by atoms with Crippen LogP contribution in [-0.2, 0) is 31.4 Å². The number of hydrogen-bond donors (Lipinski definition) is 1. The second-order valence-corrected chi connectivity index (χ2v) is 10.6. The first-order chi connectivity index (χ1) is 12.7. The van der Waals surface area contributed by atoms with Gasteiger partial charge in [0.25, 0.3) is 5.91 Å². The maximum atomic E-state index is 13.1. The predicted octanol–water partition coefficient (Wildman–Crippen LogP) is 0.477. The van der Waals surface area contributed by atoms with Crippen molar-refractivity contribution < 1.29 is 22.8 Å². The van der Waals surface area contributed by atoms with Gasteiger partial charge in [-0.05, 0) is 37.1 Å². The summed E-state index contributed by atoms with van der Waals surface area (Å²) in [5.41, 5.74) is -0.234. The Hall–Kier alpha value is -1.94. The van der Waals surface area contributed by atoms with Crippen LogP contribution in [0.3, 0.4) is 0 Å². The van der Waals surface area contributed by atoms with E-state index >= 15 is 0 Å². The lowest BCUT2D eigenvalue weighted by Crippen LogP contribution is -2.48. The average molecular weight is 412 g/mol. The van der Waals surface area contributed by atoms with Crippen molar-refractivity contribution in [2.75, 3.05) is 25.1 Å². The fourth-order valence-corrected chi connectivity index (χ4v) is 6.99. The van der Waals surface area contributed by atoms with E-state index in [9.17, 15) is 22.8 Å². The van der Waals surface area contributed by atoms with Crippen LogP contribution in [0.4, 0.5) is 4.79 Å². The van der Waals surface area contributed by atoms with Crippen molar-refractivity contribution in [3.05, 3.63) is 21.9 Å². The van der Waals surface area contributed by atoms with Crippen LogP contribution in [0, 0.1) is 0 Å². The Balaban J connectivity index is 1.52. The number of aryl methyl sites for hydroxylation is 1. The minimum Gasteiger partial charge on any atom is -0.340 e. The molecule has 27 heavy (non-hydrogen) atoms. The molecule has 2 aliphatic heterocycles. The smallest absolute Gasteiger partial charge is 0.325 e. The highest BCUT2D eigenvalue weighted by molar-refractivity contribution is 7.91. The quantitative estimate of drug-likeness (QED) is 0.729. The van der Waals surface area contributed by atoms with Gasteiger partial charge >= 0.3 is 6.03 Å². The van der Waals surface area contributed by atoms with Crippen LogP contribution in [0.25, 0.3) is 0 Å². The molecule has 3 aliphatic rings. The minimum atomic E-state index is -3.12. The second kappa shape index (κ2) is 6.30. The number of carbonyl (C=O) groups excluding carboxylic acids is 3. The van der Waals surface area contributed by atoms with E-state index in [1.54, 1.807) is 11.3 Å². The van der Waals surface area contributed by atoms with Crippen LogP contribution in [0.2, 0.25) is 0 Å². The Bertz CT molecular complexity index is 925. The number of rotatable bonds is 3. The number of fused-ring (bicyclic) bond motifs is 2. The highest BCUT2D eigenvalue weighted by atomic mass is 32.2. The Morgan fingerprint density at radius 3 is 2.93 bits per heavy atom. The molecule has 4 rings (SSSR count). The van der Waals surface area contributed by atoms with Crippen LogP contribution >= 0.6 is 11.3 Å². The zero-order valence-electron chi connectivity index (χ0n) is 14.9. The molecule has 146 valence electrons. The lowest BCUT2D eigenvalue weighted by molar-refractivity contribution is -0.139. The summed E-state index contributed by atoms with van der Waals surface area (Å²) in [7, 11) is -1.60. The molecule has 2 saturated heterocycles. The van der Waals surface area contributed by atoms with E-state index in [0.717, 1.165) is 28.2 Å². The molecule has 0 radical (unpaired) electrons. The van der Waals surface area contributed by atoms with Crippen LogP contribution in [0.5, 0.6) is 0 Å². The summed E-state index contributed by atoms with van der Waals surface area (Å²) in [4.78, 5) is 41.6. The van der Waals surface area contributed by atoms with Gasteiger partial charge in [0.15, 0.2) is 9.84 Å². The number of amides is 4. The van der Waals surface area contributed by atoms with Gasteiger partial charge in [-0.25, -0.2) is 13.2 Å². The van der Waals surface area contributed by atoms with Crippen molar-refractivity contribution in [3.8, 4) is 0 Å². The van der Waals surface area contributed by atoms with E-state index in [1.165, 1.54) is 11.9 Å². The van der Waals surface area contributed by atoms with E-state index in [1.807, 2.05) is 11.4 Å². The van der Waals surface area contributed by atoms with Crippen molar-refractivity contribution in [1.29, 1.82) is 0 Å². The molecule has 1 aromatic heterocycles. The molecule has 2 unspecified atom stereocenters. The van der Waals surface area contributed by atoms with Gasteiger partial charge in [0, 0.05) is 23.5 Å². The van der Waals surface area contributed by atoms with Crippen LogP contribution in [0.1, 0.15) is 29.7 Å². The molecule has 0 saturated carbocycles. The number of likely N-dealkylation sites (N-methyl/N-ethyl adjacent to an activating group) is 1. The number of hydrogen-bond acceptors (Lipinski definition) is 6. The highest BCUT2D eigenvalue weighted by Gasteiger charge is 2.54. The van der Waals surface area contributed by atoms with E-state index in [0.29, 0.717) is 12.8 Å². The van der Waals surface area contributed by atoms with Crippen LogP contribution < -0.4 is 5.32 Å². The average Bonchev–Trinajstić information content (AvgIpc) is 3.29. The molecule has 2 atom stereocenters. The summed E-state index contributed by atoms with van der Waals surface area (Å²) in [6.45, 7) is -0.376. The van der Waals surface area contributed by atoms with E-state index < -0.39 is 39.3 Å². The SMILES string of the molecule is CN(C(=O)CN1C(=O)NC2(CCCc3sccc32)C1=O)C1CCS(=O)(=O)C1. The first kappa shape index (κ1) is 18.4. The summed E-state index contributed by atoms with van der Waals surface area (Å²) < 4.78 is 23.3. The lowest BCUT2D eigenvalue weighted by Gasteiger charge is -2.31. The van der Waals surface area contributed by atoms with Gasteiger partial charge in [0.05, 0.1) is 11.5 Å². The minimum absolute atomic E-state index is 0.0580. The van der Waals surface area contributed by atoms with Gasteiger partial charge in [-0.2, -0.15) is 0 Å². The Morgan fingerprint density at radius 2 is 2.22 bits per heavy atom. The standard InChI is InChI=1S/C17H21N3O5S2/c1-19(11-5-8-27(24,25)10-11)14(21)9-20-15(22)17(18-16(20)23)6-2-3-13-12(17)4-7-26-13/h4,7,11H,2-3,5-6,8-10H2,1H3,(H,18,23). The number of sulfone groups is 1. The Kier molecular flexibility index (Phi) is 4.30. The number of carbonyl (C=O) groups is 3. The normalized spacial score (nSPS) is 29.1. The molecule has 1 aromatic rings. The maximum absolute atomic E-state index is 13.1. The summed E-state index contributed by atoms with van der Waals surface area (Å²) in [5.74, 6) is -0.841. The third-order valence-corrected chi connectivity index (χ3v) is 8.51. The van der Waals surface area contributed by atoms with Gasteiger partial charge in [0.1, 0.15) is 12.1 Å². The summed E-state index contributed by atoms with van der Waals surface area (Å²) in [6.07, 6.45) is 2.58. The maximum Gasteiger partial charge on any atom is 0.325 e. The van der Waals surface area contributed by atoms with Gasteiger partial charge in [0.2, 0.25) is 5.91 Å². The third-order valence-electron chi connectivity index (χ3n) is 5.78. The van der Waals surface area contributed by atoms with Gasteiger partial charge in [-0.1, -0.05) is 0 Å². The van der Waals surface area contributed by atoms with Crippen molar-refractivity contribution in [2.24, 2.45) is 0 Å². The molecule has 10 heteroatoms. The van der Waals surface area contributed by atoms with Crippen molar-refractivity contribution in [2.45, 2.75) is 37.3 Å². The van der Waals surface area contributed by atoms with E-state index in [2.05, 4.69) is 5.32 Å². The van der Waals surface area contributed by atoms with E-state index in [-0.39, 0.29) is 18.1 Å². The van der Waals surface area contributed by atoms with Gasteiger partial charge in [-0.3, -0.25) is 14.5 Å². The highest BCUT2D eigenvalue weighted by Crippen LogP contribution is 2.42. The molecular weight excluding hydrogens is 390 g/mol. The molecule has 1 N–H and O–H groups in total. The molecule has 2 fully saturated rings. The van der Waals surface area contributed by atoms with Crippen molar-refractivity contribution >= 4 is 39.0 Å². The fourth-order valence-electron chi connectivity index (χ4n) is 4.22. The Morgan fingerprint density at radius 1 is 1.44 bits per heavy atom. The molecule has 4 amide bonds. The molecule has 8 nitrogen and oxygen atoms in total. The van der Waals surface area contributed by atoms with Crippen LogP contribution in [0.15, 0.2) is 11.4 Å². The predicted molar refractivity (Wildman–Crippen MR) is 99.0 cm³/mol. The Labute approximate surface area is 161 Å². The molecule has 0 aromatic carbocycles. The molecule has 1 aliphatic carbocycles. The largest absolute Gasteiger partial charge is 0.340 e. The zero-order chi connectivity index (χ0) is 19.4. The number of imide groups is 1. The summed E-state index contributed by atoms with van der Waals surface area (Å²) >= 11 is 1.57. The third kappa shape index (κ3) is 2.94. The fraction of sp³-hybridized carbons (Fsp3) is 0.588. The topological polar surface area (TPSA) is 104 Å². The zero-order valence-corrected chi connectivity index (χ0v) is 16.6. The van der Waals surface area contributed by atoms with E-state index in [4.69, 9.17) is 0 Å². The van der Waals surface area contributed by atoms with Crippen molar-refractivity contribution in [3.63, 3.8) is 0 Å². The van der Waals surface area contributed by atoms with Crippen LogP contribution in [-0.4, -0.2) is 67.2 Å². The van der Waals surface area contributed by atoms with Gasteiger partial charge in [-0.15, -0.1) is 11.3 Å². The first-order valence-electron chi connectivity index (χ1n) is 8.90. The molecule has 1 spiro atoms. The second-order valence-electron chi connectivity index (χ2n) is 7.40. The lowest BCUT2D eigenvalue weighted by atomic mass is 9.80. The van der Waals surface area contributed by atoms with Crippen molar-refractivity contribution in [1.82, 2.24) is 15.1 Å². The summed E-state index contributed by atoms with van der Waals surface area (Å²) in [5, 5.41) is 4.73. The summed E-state index contributed by atoms with van der Waals surface area (Å²) in [6, 6.07) is 0.897. The number of thiophene rings is 1. The number of nitrogens with zero attached hydrogens (tertiary/aromatic N) is 2. The molecule has 3 heterocycles.